The molecular formula is C13H8ClF2NO. The summed E-state index contributed by atoms with van der Waals surface area (Å²) in [6.45, 7) is 0. The van der Waals surface area contributed by atoms with Gasteiger partial charge in [-0.3, -0.25) is 4.79 Å². The topological polar surface area (TPSA) is 43.1 Å². The van der Waals surface area contributed by atoms with Crippen LogP contribution >= 0.6 is 11.6 Å². The molecule has 0 saturated carbocycles. The largest absolute Gasteiger partial charge is 0.398 e. The molecule has 2 aromatic carbocycles. The molecule has 2 N–H and O–H groups in total. The molecule has 0 aliphatic heterocycles. The van der Waals surface area contributed by atoms with E-state index in [2.05, 4.69) is 0 Å². The van der Waals surface area contributed by atoms with Gasteiger partial charge in [-0.15, -0.1) is 0 Å². The lowest BCUT2D eigenvalue weighted by atomic mass is 10.0. The molecule has 2 rings (SSSR count). The SMILES string of the molecule is Nc1cc(Cl)ccc1C(=O)c1cc(F)cc(F)c1. The fraction of sp³-hybridized carbons (Fsp3) is 0. The van der Waals surface area contributed by atoms with Crippen LogP contribution in [0.3, 0.4) is 0 Å². The van der Waals surface area contributed by atoms with Crippen LogP contribution in [0.25, 0.3) is 0 Å². The fourth-order valence-corrected chi connectivity index (χ4v) is 1.76. The van der Waals surface area contributed by atoms with Gasteiger partial charge < -0.3 is 5.73 Å². The summed E-state index contributed by atoms with van der Waals surface area (Å²) < 4.78 is 26.0. The molecule has 0 amide bonds. The number of hydrogen-bond acceptors (Lipinski definition) is 2. The highest BCUT2D eigenvalue weighted by molar-refractivity contribution is 6.31. The average molecular weight is 268 g/mol. The molecule has 0 saturated heterocycles. The van der Waals surface area contributed by atoms with Gasteiger partial charge in [0, 0.05) is 27.9 Å². The van der Waals surface area contributed by atoms with Gasteiger partial charge in [-0.1, -0.05) is 11.6 Å². The van der Waals surface area contributed by atoms with E-state index in [1.807, 2.05) is 0 Å². The van der Waals surface area contributed by atoms with Gasteiger partial charge in [0.15, 0.2) is 5.78 Å². The van der Waals surface area contributed by atoms with Crippen molar-refractivity contribution in [3.63, 3.8) is 0 Å². The Labute approximate surface area is 107 Å². The number of benzene rings is 2. The van der Waals surface area contributed by atoms with Crippen LogP contribution in [0, 0.1) is 11.6 Å². The Morgan fingerprint density at radius 2 is 1.67 bits per heavy atom. The zero-order valence-corrected chi connectivity index (χ0v) is 9.84. The lowest BCUT2D eigenvalue weighted by molar-refractivity contribution is 0.103. The summed E-state index contributed by atoms with van der Waals surface area (Å²) in [6.07, 6.45) is 0. The number of nitrogen functional groups attached to an aromatic ring is 1. The van der Waals surface area contributed by atoms with Crippen LogP contribution < -0.4 is 5.73 Å². The molecule has 0 aromatic heterocycles. The molecule has 2 nitrogen and oxygen atoms in total. The molecular weight excluding hydrogens is 260 g/mol. The van der Waals surface area contributed by atoms with Crippen LogP contribution in [0.1, 0.15) is 15.9 Å². The van der Waals surface area contributed by atoms with Crippen molar-refractivity contribution in [3.8, 4) is 0 Å². The quantitative estimate of drug-likeness (QED) is 0.669. The number of halogens is 3. The predicted octanol–water partition coefficient (Wildman–Crippen LogP) is 3.43. The molecule has 0 aliphatic rings. The van der Waals surface area contributed by atoms with Gasteiger partial charge in [0.25, 0.3) is 0 Å². The van der Waals surface area contributed by atoms with Crippen molar-refractivity contribution < 1.29 is 13.6 Å². The second-order valence-electron chi connectivity index (χ2n) is 3.72. The Hall–Kier alpha value is -1.94. The average Bonchev–Trinajstić information content (AvgIpc) is 2.26. The number of carbonyl (C=O) groups excluding carboxylic acids is 1. The summed E-state index contributed by atoms with van der Waals surface area (Å²) in [5, 5.41) is 0.384. The van der Waals surface area contributed by atoms with Crippen molar-refractivity contribution in [2.75, 3.05) is 5.73 Å². The zero-order chi connectivity index (χ0) is 13.3. The van der Waals surface area contributed by atoms with Crippen molar-refractivity contribution in [1.29, 1.82) is 0 Å². The molecule has 0 fully saturated rings. The van der Waals surface area contributed by atoms with Crippen molar-refractivity contribution in [2.45, 2.75) is 0 Å². The van der Waals surface area contributed by atoms with Crippen LogP contribution in [-0.2, 0) is 0 Å². The van der Waals surface area contributed by atoms with E-state index in [0.717, 1.165) is 12.1 Å². The van der Waals surface area contributed by atoms with E-state index in [-0.39, 0.29) is 16.8 Å². The highest BCUT2D eigenvalue weighted by Crippen LogP contribution is 2.21. The molecule has 5 heteroatoms. The monoisotopic (exact) mass is 267 g/mol. The van der Waals surface area contributed by atoms with E-state index < -0.39 is 17.4 Å². The van der Waals surface area contributed by atoms with Gasteiger partial charge in [-0.25, -0.2) is 8.78 Å². The first-order valence-electron chi connectivity index (χ1n) is 5.03. The summed E-state index contributed by atoms with van der Waals surface area (Å²) in [6, 6.07) is 6.93. The molecule has 92 valence electrons. The summed E-state index contributed by atoms with van der Waals surface area (Å²) in [7, 11) is 0. The molecule has 0 unspecified atom stereocenters. The second-order valence-corrected chi connectivity index (χ2v) is 4.16. The maximum absolute atomic E-state index is 13.0. The van der Waals surface area contributed by atoms with E-state index in [0.29, 0.717) is 11.1 Å². The van der Waals surface area contributed by atoms with Crippen LogP contribution in [-0.4, -0.2) is 5.78 Å². The summed E-state index contributed by atoms with van der Waals surface area (Å²) in [4.78, 5) is 12.0. The summed E-state index contributed by atoms with van der Waals surface area (Å²) >= 11 is 5.71. The number of ketones is 1. The highest BCUT2D eigenvalue weighted by Gasteiger charge is 2.14. The summed E-state index contributed by atoms with van der Waals surface area (Å²) in [5.41, 5.74) is 5.87. The Morgan fingerprint density at radius 3 is 2.22 bits per heavy atom. The highest BCUT2D eigenvalue weighted by atomic mass is 35.5. The van der Waals surface area contributed by atoms with Gasteiger partial charge >= 0.3 is 0 Å². The first-order chi connectivity index (χ1) is 8.47. The summed E-state index contributed by atoms with van der Waals surface area (Å²) in [5.74, 6) is -2.18. The van der Waals surface area contributed by atoms with Crippen LogP contribution in [0.4, 0.5) is 14.5 Å². The molecule has 0 atom stereocenters. The maximum Gasteiger partial charge on any atom is 0.195 e. The molecule has 0 heterocycles. The number of nitrogens with two attached hydrogens (primary N) is 1. The van der Waals surface area contributed by atoms with Gasteiger partial charge in [0.05, 0.1) is 0 Å². The van der Waals surface area contributed by atoms with Crippen molar-refractivity contribution in [2.24, 2.45) is 0 Å². The molecule has 0 bridgehead atoms. The molecule has 2 aromatic rings. The van der Waals surface area contributed by atoms with Gasteiger partial charge in [-0.2, -0.15) is 0 Å². The maximum atomic E-state index is 13.0. The Morgan fingerprint density at radius 1 is 1.06 bits per heavy atom. The normalized spacial score (nSPS) is 10.4. The third-order valence-electron chi connectivity index (χ3n) is 2.38. The standard InChI is InChI=1S/C13H8ClF2NO/c14-8-1-2-11(12(17)5-8)13(18)7-3-9(15)6-10(16)4-7/h1-6H,17H2. The van der Waals surface area contributed by atoms with Gasteiger partial charge in [0.2, 0.25) is 0 Å². The molecule has 18 heavy (non-hydrogen) atoms. The fourth-order valence-electron chi connectivity index (χ4n) is 1.58. The second kappa shape index (κ2) is 4.74. The molecule has 0 aliphatic carbocycles. The Balaban J connectivity index is 2.47. The Kier molecular flexibility index (Phi) is 3.30. The minimum absolute atomic E-state index is 0.0958. The van der Waals surface area contributed by atoms with Gasteiger partial charge in [-0.05, 0) is 30.3 Å². The van der Waals surface area contributed by atoms with Crippen molar-refractivity contribution in [1.82, 2.24) is 0 Å². The third-order valence-corrected chi connectivity index (χ3v) is 2.62. The van der Waals surface area contributed by atoms with Crippen molar-refractivity contribution >= 4 is 23.1 Å². The Bertz CT molecular complexity index is 608. The van der Waals surface area contributed by atoms with Gasteiger partial charge in [0.1, 0.15) is 11.6 Å². The smallest absolute Gasteiger partial charge is 0.195 e. The van der Waals surface area contributed by atoms with Crippen LogP contribution in [0.2, 0.25) is 5.02 Å². The van der Waals surface area contributed by atoms with Crippen LogP contribution in [0.15, 0.2) is 36.4 Å². The lowest BCUT2D eigenvalue weighted by Crippen LogP contribution is -2.06. The van der Waals surface area contributed by atoms with E-state index in [1.54, 1.807) is 0 Å². The zero-order valence-electron chi connectivity index (χ0n) is 9.08. The number of anilines is 1. The minimum Gasteiger partial charge on any atom is -0.398 e. The van der Waals surface area contributed by atoms with E-state index in [4.69, 9.17) is 17.3 Å². The minimum atomic E-state index is -0.814. The van der Waals surface area contributed by atoms with Crippen molar-refractivity contribution in [3.05, 3.63) is 64.2 Å². The van der Waals surface area contributed by atoms with Crippen LogP contribution in [0.5, 0.6) is 0 Å². The number of hydrogen-bond donors (Lipinski definition) is 1. The lowest BCUT2D eigenvalue weighted by Gasteiger charge is -2.05. The van der Waals surface area contributed by atoms with E-state index in [1.165, 1.54) is 18.2 Å². The number of carbonyl (C=O) groups is 1. The molecule has 0 radical (unpaired) electrons. The first kappa shape index (κ1) is 12.5. The third kappa shape index (κ3) is 2.49. The molecule has 0 spiro atoms. The number of rotatable bonds is 2. The van der Waals surface area contributed by atoms with E-state index >= 15 is 0 Å². The predicted molar refractivity (Wildman–Crippen MR) is 65.7 cm³/mol. The van der Waals surface area contributed by atoms with E-state index in [9.17, 15) is 13.6 Å². The first-order valence-corrected chi connectivity index (χ1v) is 5.41.